The third-order valence-corrected chi connectivity index (χ3v) is 2.54. The second kappa shape index (κ2) is 5.09. The van der Waals surface area contributed by atoms with Crippen molar-refractivity contribution in [2.45, 2.75) is 12.7 Å². The van der Waals surface area contributed by atoms with E-state index in [0.717, 1.165) is 0 Å². The molecule has 1 saturated heterocycles. The van der Waals surface area contributed by atoms with Gasteiger partial charge in [-0.05, 0) is 6.07 Å². The van der Waals surface area contributed by atoms with E-state index in [4.69, 9.17) is 15.3 Å². The van der Waals surface area contributed by atoms with E-state index in [1.807, 2.05) is 0 Å². The van der Waals surface area contributed by atoms with E-state index in [1.54, 1.807) is 6.07 Å². The first-order chi connectivity index (χ1) is 8.20. The zero-order chi connectivity index (χ0) is 12.3. The molecule has 92 valence electrons. The SMILES string of the molecule is NNc1ccc([N+](=O)[O-])cc1COC1COC1. The standard InChI is InChI=1S/C10H13N3O4/c11-12-10-2-1-8(13(14)15)3-7(10)4-17-9-5-16-6-9/h1-3,9,12H,4-6,11H2. The van der Waals surface area contributed by atoms with Gasteiger partial charge in [0, 0.05) is 17.7 Å². The summed E-state index contributed by atoms with van der Waals surface area (Å²) in [7, 11) is 0. The lowest BCUT2D eigenvalue weighted by Crippen LogP contribution is -2.35. The van der Waals surface area contributed by atoms with Gasteiger partial charge in [-0.1, -0.05) is 0 Å². The molecule has 1 fully saturated rings. The summed E-state index contributed by atoms with van der Waals surface area (Å²) in [5.41, 5.74) is 3.79. The fourth-order valence-corrected chi connectivity index (χ4v) is 1.47. The van der Waals surface area contributed by atoms with E-state index in [9.17, 15) is 10.1 Å². The molecule has 0 atom stereocenters. The smallest absolute Gasteiger partial charge is 0.269 e. The van der Waals surface area contributed by atoms with Crippen molar-refractivity contribution in [3.05, 3.63) is 33.9 Å². The number of non-ortho nitro benzene ring substituents is 1. The Hall–Kier alpha value is -1.70. The fourth-order valence-electron chi connectivity index (χ4n) is 1.47. The Bertz CT molecular complexity index is 420. The lowest BCUT2D eigenvalue weighted by molar-refractivity contribution is -0.384. The van der Waals surface area contributed by atoms with Crippen LogP contribution < -0.4 is 11.3 Å². The monoisotopic (exact) mass is 239 g/mol. The van der Waals surface area contributed by atoms with Crippen molar-refractivity contribution in [3.63, 3.8) is 0 Å². The Balaban J connectivity index is 2.10. The van der Waals surface area contributed by atoms with Crippen molar-refractivity contribution in [2.24, 2.45) is 5.84 Å². The molecular weight excluding hydrogens is 226 g/mol. The quantitative estimate of drug-likeness (QED) is 0.448. The maximum atomic E-state index is 10.7. The van der Waals surface area contributed by atoms with Crippen molar-refractivity contribution in [3.8, 4) is 0 Å². The summed E-state index contributed by atoms with van der Waals surface area (Å²) >= 11 is 0. The molecule has 1 aliphatic rings. The lowest BCUT2D eigenvalue weighted by atomic mass is 10.1. The summed E-state index contributed by atoms with van der Waals surface area (Å²) in [4.78, 5) is 10.2. The number of nitrogens with one attached hydrogen (secondary N) is 1. The number of benzene rings is 1. The summed E-state index contributed by atoms with van der Waals surface area (Å²) in [5, 5.41) is 10.7. The van der Waals surface area contributed by atoms with Crippen LogP contribution >= 0.6 is 0 Å². The van der Waals surface area contributed by atoms with Gasteiger partial charge in [-0.25, -0.2) is 0 Å². The van der Waals surface area contributed by atoms with Crippen LogP contribution in [0.5, 0.6) is 0 Å². The predicted octanol–water partition coefficient (Wildman–Crippen LogP) is 0.796. The molecule has 0 bridgehead atoms. The van der Waals surface area contributed by atoms with Gasteiger partial charge in [0.2, 0.25) is 0 Å². The van der Waals surface area contributed by atoms with Gasteiger partial charge in [-0.3, -0.25) is 16.0 Å². The zero-order valence-corrected chi connectivity index (χ0v) is 9.09. The Morgan fingerprint density at radius 1 is 1.59 bits per heavy atom. The number of nitrogen functional groups attached to an aromatic ring is 1. The zero-order valence-electron chi connectivity index (χ0n) is 9.09. The highest BCUT2D eigenvalue weighted by atomic mass is 16.6. The Morgan fingerprint density at radius 2 is 2.35 bits per heavy atom. The number of rotatable bonds is 5. The van der Waals surface area contributed by atoms with Crippen LogP contribution in [-0.4, -0.2) is 24.2 Å². The van der Waals surface area contributed by atoms with Crippen molar-refractivity contribution in [1.29, 1.82) is 0 Å². The molecule has 0 aromatic heterocycles. The van der Waals surface area contributed by atoms with Crippen molar-refractivity contribution in [1.82, 2.24) is 0 Å². The van der Waals surface area contributed by atoms with Crippen molar-refractivity contribution >= 4 is 11.4 Å². The molecule has 3 N–H and O–H groups in total. The van der Waals surface area contributed by atoms with Gasteiger partial charge in [0.05, 0.1) is 30.4 Å². The van der Waals surface area contributed by atoms with Crippen LogP contribution in [0.2, 0.25) is 0 Å². The van der Waals surface area contributed by atoms with Crippen molar-refractivity contribution in [2.75, 3.05) is 18.6 Å². The van der Waals surface area contributed by atoms with Crippen LogP contribution in [0.1, 0.15) is 5.56 Å². The highest BCUT2D eigenvalue weighted by Crippen LogP contribution is 2.23. The molecule has 1 aromatic rings. The summed E-state index contributed by atoms with van der Waals surface area (Å²) < 4.78 is 10.5. The Kier molecular flexibility index (Phi) is 3.52. The van der Waals surface area contributed by atoms with Crippen LogP contribution in [0.4, 0.5) is 11.4 Å². The number of ether oxygens (including phenoxy) is 2. The van der Waals surface area contributed by atoms with Gasteiger partial charge in [0.15, 0.2) is 0 Å². The molecule has 0 amide bonds. The first kappa shape index (κ1) is 11.8. The average Bonchev–Trinajstić information content (AvgIpc) is 2.26. The summed E-state index contributed by atoms with van der Waals surface area (Å²) in [6.07, 6.45) is 0.0693. The van der Waals surface area contributed by atoms with E-state index >= 15 is 0 Å². The third kappa shape index (κ3) is 2.70. The normalized spacial score (nSPS) is 15.4. The average molecular weight is 239 g/mol. The molecule has 1 aliphatic heterocycles. The number of hydrazine groups is 1. The van der Waals surface area contributed by atoms with Crippen LogP contribution in [0.25, 0.3) is 0 Å². The molecule has 1 aromatic carbocycles. The Labute approximate surface area is 97.6 Å². The van der Waals surface area contributed by atoms with Gasteiger partial charge in [-0.15, -0.1) is 0 Å². The molecule has 0 saturated carbocycles. The highest BCUT2D eigenvalue weighted by Gasteiger charge is 2.20. The minimum atomic E-state index is -0.448. The molecule has 2 rings (SSSR count). The topological polar surface area (TPSA) is 99.7 Å². The molecule has 17 heavy (non-hydrogen) atoms. The molecule has 0 radical (unpaired) electrons. The fraction of sp³-hybridized carbons (Fsp3) is 0.400. The summed E-state index contributed by atoms with van der Waals surface area (Å²) in [6, 6.07) is 4.41. The number of nitrogens with two attached hydrogens (primary N) is 1. The molecule has 0 unspecified atom stereocenters. The number of nitro groups is 1. The number of nitro benzene ring substituents is 1. The first-order valence-corrected chi connectivity index (χ1v) is 5.14. The summed E-state index contributed by atoms with van der Waals surface area (Å²) in [6.45, 7) is 1.41. The second-order valence-corrected chi connectivity index (χ2v) is 3.71. The number of nitrogens with zero attached hydrogens (tertiary/aromatic N) is 1. The minimum absolute atomic E-state index is 0.0208. The first-order valence-electron chi connectivity index (χ1n) is 5.14. The predicted molar refractivity (Wildman–Crippen MR) is 60.3 cm³/mol. The Morgan fingerprint density at radius 3 is 2.88 bits per heavy atom. The van der Waals surface area contributed by atoms with Crippen LogP contribution in [-0.2, 0) is 16.1 Å². The summed E-state index contributed by atoms with van der Waals surface area (Å²) in [5.74, 6) is 5.33. The number of hydrogen-bond acceptors (Lipinski definition) is 6. The minimum Gasteiger partial charge on any atom is -0.376 e. The van der Waals surface area contributed by atoms with Crippen molar-refractivity contribution < 1.29 is 14.4 Å². The molecule has 7 heteroatoms. The van der Waals surface area contributed by atoms with Crippen LogP contribution in [0, 0.1) is 10.1 Å². The van der Waals surface area contributed by atoms with Gasteiger partial charge in [0.1, 0.15) is 6.10 Å². The number of hydrogen-bond donors (Lipinski definition) is 2. The van der Waals surface area contributed by atoms with Gasteiger partial charge in [-0.2, -0.15) is 0 Å². The van der Waals surface area contributed by atoms with Crippen LogP contribution in [0.3, 0.4) is 0 Å². The van der Waals surface area contributed by atoms with E-state index < -0.39 is 4.92 Å². The van der Waals surface area contributed by atoms with Gasteiger partial charge >= 0.3 is 0 Å². The molecule has 0 spiro atoms. The van der Waals surface area contributed by atoms with Crippen LogP contribution in [0.15, 0.2) is 18.2 Å². The molecule has 1 heterocycles. The molecule has 7 nitrogen and oxygen atoms in total. The van der Waals surface area contributed by atoms with E-state index in [0.29, 0.717) is 24.5 Å². The maximum absolute atomic E-state index is 10.7. The van der Waals surface area contributed by atoms with E-state index in [1.165, 1.54) is 12.1 Å². The van der Waals surface area contributed by atoms with Gasteiger partial charge in [0.25, 0.3) is 5.69 Å². The van der Waals surface area contributed by atoms with E-state index in [-0.39, 0.29) is 18.4 Å². The largest absolute Gasteiger partial charge is 0.376 e. The second-order valence-electron chi connectivity index (χ2n) is 3.71. The van der Waals surface area contributed by atoms with Gasteiger partial charge < -0.3 is 14.9 Å². The molecule has 0 aliphatic carbocycles. The third-order valence-electron chi connectivity index (χ3n) is 2.54. The highest BCUT2D eigenvalue weighted by molar-refractivity contribution is 5.55. The van der Waals surface area contributed by atoms with E-state index in [2.05, 4.69) is 5.43 Å². The maximum Gasteiger partial charge on any atom is 0.269 e. The number of anilines is 1. The lowest BCUT2D eigenvalue weighted by Gasteiger charge is -2.26. The molecular formula is C10H13N3O4.